The maximum Gasteiger partial charge on any atom is 0.280 e. The van der Waals surface area contributed by atoms with Gasteiger partial charge in [0.25, 0.3) is 11.5 Å². The molecule has 3 rings (SSSR count). The summed E-state index contributed by atoms with van der Waals surface area (Å²) in [5, 5.41) is 14.9. The first-order valence-corrected chi connectivity index (χ1v) is 9.21. The zero-order valence-electron chi connectivity index (χ0n) is 15.6. The summed E-state index contributed by atoms with van der Waals surface area (Å²) in [4.78, 5) is 29.5. The van der Waals surface area contributed by atoms with Crippen LogP contribution in [-0.4, -0.2) is 26.8 Å². The van der Waals surface area contributed by atoms with Crippen LogP contribution in [0.15, 0.2) is 58.7 Å². The molecule has 7 nitrogen and oxygen atoms in total. The number of hydrogen-bond donors (Lipinski definition) is 2. The fourth-order valence-electron chi connectivity index (χ4n) is 3.01. The van der Waals surface area contributed by atoms with Crippen molar-refractivity contribution in [2.24, 2.45) is 5.10 Å². The third-order valence-electron chi connectivity index (χ3n) is 4.42. The molecule has 2 heterocycles. The molecule has 2 aromatic heterocycles. The minimum absolute atomic E-state index is 0.307. The van der Waals surface area contributed by atoms with Gasteiger partial charge in [0.05, 0.1) is 11.7 Å². The van der Waals surface area contributed by atoms with Gasteiger partial charge in [-0.3, -0.25) is 14.6 Å². The second kappa shape index (κ2) is 8.94. The van der Waals surface area contributed by atoms with Crippen LogP contribution in [-0.2, 0) is 6.54 Å². The summed E-state index contributed by atoms with van der Waals surface area (Å²) in [6.07, 6.45) is 7.43. The number of nitrogens with zero attached hydrogens (tertiary/aromatic N) is 3. The number of carbonyl (C=O) groups is 1. The molecule has 3 aromatic rings. The Balaban J connectivity index is 1.96. The molecule has 0 aliphatic rings. The molecule has 0 fully saturated rings. The lowest BCUT2D eigenvalue weighted by molar-refractivity contribution is 0.0950. The normalized spacial score (nSPS) is 11.2. The highest BCUT2D eigenvalue weighted by atomic mass is 16.3. The summed E-state index contributed by atoms with van der Waals surface area (Å²) in [5.74, 6) is -1.08. The Morgan fingerprint density at radius 3 is 2.82 bits per heavy atom. The number of benzene rings is 1. The third-order valence-corrected chi connectivity index (χ3v) is 4.42. The highest BCUT2D eigenvalue weighted by molar-refractivity contribution is 6.02. The summed E-state index contributed by atoms with van der Waals surface area (Å²) in [6.45, 7) is 2.56. The quantitative estimate of drug-likeness (QED) is 0.375. The fourth-order valence-corrected chi connectivity index (χ4v) is 3.01. The summed E-state index contributed by atoms with van der Waals surface area (Å²) in [6, 6.07) is 10.5. The minimum atomic E-state index is -0.752. The van der Waals surface area contributed by atoms with Gasteiger partial charge >= 0.3 is 0 Å². The van der Waals surface area contributed by atoms with Gasteiger partial charge < -0.3 is 9.67 Å². The molecule has 2 N–H and O–H groups in total. The van der Waals surface area contributed by atoms with Crippen LogP contribution in [0.4, 0.5) is 0 Å². The predicted octanol–water partition coefficient (Wildman–Crippen LogP) is 3.06. The van der Waals surface area contributed by atoms with E-state index in [4.69, 9.17) is 0 Å². The lowest BCUT2D eigenvalue weighted by atomic mass is 10.1. The Hall–Kier alpha value is -3.48. The standard InChI is InChI=1S/C21H22N4O3/c1-2-3-6-12-25-17-10-5-4-9-16(17)19(26)18(21(25)28)20(27)24-23-14-15-8-7-11-22-13-15/h4-5,7-11,13-14,26H,2-3,6,12H2,1H3,(H,24,27). The van der Waals surface area contributed by atoms with Crippen molar-refractivity contribution in [2.75, 3.05) is 0 Å². The first kappa shape index (κ1) is 19.3. The first-order chi connectivity index (χ1) is 13.6. The number of carbonyl (C=O) groups excluding carboxylic acids is 1. The smallest absolute Gasteiger partial charge is 0.280 e. The number of nitrogens with one attached hydrogen (secondary N) is 1. The lowest BCUT2D eigenvalue weighted by Crippen LogP contribution is -2.31. The number of pyridine rings is 2. The maximum atomic E-state index is 13.0. The van der Waals surface area contributed by atoms with Gasteiger partial charge in [0.2, 0.25) is 0 Å². The minimum Gasteiger partial charge on any atom is -0.506 e. The molecule has 7 heteroatoms. The molecule has 0 bridgehead atoms. The van der Waals surface area contributed by atoms with Crippen molar-refractivity contribution in [1.82, 2.24) is 15.0 Å². The fraction of sp³-hybridized carbons (Fsp3) is 0.238. The molecule has 0 saturated carbocycles. The van der Waals surface area contributed by atoms with Crippen LogP contribution in [0.3, 0.4) is 0 Å². The summed E-state index contributed by atoms with van der Waals surface area (Å²) >= 11 is 0. The SMILES string of the molecule is CCCCCn1c(=O)c(C(=O)NN=Cc2cccnc2)c(O)c2ccccc21. The van der Waals surface area contributed by atoms with E-state index < -0.39 is 11.5 Å². The lowest BCUT2D eigenvalue weighted by Gasteiger charge is -2.14. The number of aromatic nitrogens is 2. The highest BCUT2D eigenvalue weighted by Gasteiger charge is 2.21. The van der Waals surface area contributed by atoms with Crippen molar-refractivity contribution < 1.29 is 9.90 Å². The Bertz CT molecular complexity index is 1060. The van der Waals surface area contributed by atoms with Crippen molar-refractivity contribution in [2.45, 2.75) is 32.7 Å². The van der Waals surface area contributed by atoms with E-state index in [1.165, 1.54) is 6.21 Å². The number of rotatable bonds is 7. The van der Waals surface area contributed by atoms with E-state index in [1.54, 1.807) is 53.4 Å². The Kier molecular flexibility index (Phi) is 6.16. The maximum absolute atomic E-state index is 13.0. The van der Waals surface area contributed by atoms with Crippen molar-refractivity contribution in [3.05, 3.63) is 70.3 Å². The van der Waals surface area contributed by atoms with E-state index in [-0.39, 0.29) is 11.3 Å². The van der Waals surface area contributed by atoms with Gasteiger partial charge in [0.1, 0.15) is 11.3 Å². The van der Waals surface area contributed by atoms with Crippen LogP contribution in [0.25, 0.3) is 10.9 Å². The average Bonchev–Trinajstić information content (AvgIpc) is 2.71. The molecule has 0 unspecified atom stereocenters. The van der Waals surface area contributed by atoms with E-state index in [2.05, 4.69) is 22.4 Å². The summed E-state index contributed by atoms with van der Waals surface area (Å²) in [5.41, 5.74) is 2.79. The van der Waals surface area contributed by atoms with Crippen molar-refractivity contribution in [1.29, 1.82) is 0 Å². The molecule has 0 spiro atoms. The number of aryl methyl sites for hydroxylation is 1. The average molecular weight is 378 g/mol. The predicted molar refractivity (Wildman–Crippen MR) is 109 cm³/mol. The molecule has 0 aliphatic carbocycles. The third kappa shape index (κ3) is 4.09. The number of aromatic hydroxyl groups is 1. The molecule has 28 heavy (non-hydrogen) atoms. The first-order valence-electron chi connectivity index (χ1n) is 9.21. The molecule has 0 aliphatic heterocycles. The molecule has 1 amide bonds. The molecule has 144 valence electrons. The van der Waals surface area contributed by atoms with Gasteiger partial charge in [0, 0.05) is 29.9 Å². The Labute approximate surface area is 162 Å². The van der Waals surface area contributed by atoms with E-state index in [0.717, 1.165) is 19.3 Å². The zero-order valence-corrected chi connectivity index (χ0v) is 15.6. The molecule has 0 saturated heterocycles. The van der Waals surface area contributed by atoms with Crippen LogP contribution in [0.2, 0.25) is 0 Å². The second-order valence-corrected chi connectivity index (χ2v) is 6.39. The second-order valence-electron chi connectivity index (χ2n) is 6.39. The topological polar surface area (TPSA) is 96.6 Å². The number of unbranched alkanes of at least 4 members (excludes halogenated alkanes) is 2. The van der Waals surface area contributed by atoms with Gasteiger partial charge in [-0.05, 0) is 24.6 Å². The monoisotopic (exact) mass is 378 g/mol. The molecule has 1 aromatic carbocycles. The van der Waals surface area contributed by atoms with Gasteiger partial charge in [-0.25, -0.2) is 5.43 Å². The van der Waals surface area contributed by atoms with Gasteiger partial charge in [-0.15, -0.1) is 0 Å². The summed E-state index contributed by atoms with van der Waals surface area (Å²) in [7, 11) is 0. The zero-order chi connectivity index (χ0) is 19.9. The molecule has 0 radical (unpaired) electrons. The molecular formula is C21H22N4O3. The van der Waals surface area contributed by atoms with Crippen molar-refractivity contribution in [3.63, 3.8) is 0 Å². The van der Waals surface area contributed by atoms with Crippen LogP contribution < -0.4 is 11.0 Å². The molecular weight excluding hydrogens is 356 g/mol. The van der Waals surface area contributed by atoms with Gasteiger partial charge in [0.15, 0.2) is 0 Å². The van der Waals surface area contributed by atoms with Crippen molar-refractivity contribution in [3.8, 4) is 5.75 Å². The van der Waals surface area contributed by atoms with Crippen LogP contribution in [0.5, 0.6) is 5.75 Å². The van der Waals surface area contributed by atoms with E-state index in [1.807, 2.05) is 0 Å². The van der Waals surface area contributed by atoms with E-state index >= 15 is 0 Å². The van der Waals surface area contributed by atoms with E-state index in [9.17, 15) is 14.7 Å². The van der Waals surface area contributed by atoms with Gasteiger partial charge in [-0.2, -0.15) is 5.10 Å². The van der Waals surface area contributed by atoms with Gasteiger partial charge in [-0.1, -0.05) is 38.0 Å². The molecule has 0 atom stereocenters. The Morgan fingerprint density at radius 2 is 2.07 bits per heavy atom. The number of amides is 1. The number of fused-ring (bicyclic) bond motifs is 1. The van der Waals surface area contributed by atoms with Crippen LogP contribution >= 0.6 is 0 Å². The summed E-state index contributed by atoms with van der Waals surface area (Å²) < 4.78 is 1.55. The number of para-hydroxylation sites is 1. The van der Waals surface area contributed by atoms with Crippen molar-refractivity contribution >= 4 is 23.0 Å². The van der Waals surface area contributed by atoms with E-state index in [0.29, 0.717) is 23.0 Å². The largest absolute Gasteiger partial charge is 0.506 e. The van der Waals surface area contributed by atoms with Crippen LogP contribution in [0, 0.1) is 0 Å². The highest BCUT2D eigenvalue weighted by Crippen LogP contribution is 2.26. The Morgan fingerprint density at radius 1 is 1.25 bits per heavy atom. The number of hydrazone groups is 1. The van der Waals surface area contributed by atoms with Crippen LogP contribution in [0.1, 0.15) is 42.1 Å². The number of hydrogen-bond acceptors (Lipinski definition) is 5.